The van der Waals surface area contributed by atoms with Crippen molar-refractivity contribution >= 4 is 11.3 Å². The molecule has 1 N–H and O–H groups in total. The molecule has 1 aromatic rings. The Morgan fingerprint density at radius 3 is 2.58 bits per heavy atom. The molecule has 0 aliphatic heterocycles. The molecule has 3 heteroatoms. The van der Waals surface area contributed by atoms with Crippen molar-refractivity contribution in [3.63, 3.8) is 0 Å². The number of aromatic nitrogens is 1. The fourth-order valence-electron chi connectivity index (χ4n) is 2.38. The summed E-state index contributed by atoms with van der Waals surface area (Å²) < 4.78 is 0. The molecule has 2 nitrogen and oxygen atoms in total. The van der Waals surface area contributed by atoms with Crippen molar-refractivity contribution in [2.75, 3.05) is 6.54 Å². The van der Waals surface area contributed by atoms with E-state index in [9.17, 15) is 0 Å². The van der Waals surface area contributed by atoms with Crippen molar-refractivity contribution in [2.24, 2.45) is 0 Å². The van der Waals surface area contributed by atoms with Crippen LogP contribution in [0.1, 0.15) is 70.1 Å². The first kappa shape index (κ1) is 16.6. The second kappa shape index (κ2) is 11.4. The van der Waals surface area contributed by atoms with Gasteiger partial charge in [0.25, 0.3) is 0 Å². The van der Waals surface area contributed by atoms with Crippen molar-refractivity contribution < 1.29 is 0 Å². The molecular weight excluding hydrogens is 252 g/mol. The third kappa shape index (κ3) is 8.38. The van der Waals surface area contributed by atoms with Gasteiger partial charge in [0, 0.05) is 17.1 Å². The maximum Gasteiger partial charge on any atom is 0.0794 e. The summed E-state index contributed by atoms with van der Waals surface area (Å²) in [7, 11) is 0. The summed E-state index contributed by atoms with van der Waals surface area (Å²) in [4.78, 5) is 5.59. The molecule has 1 aromatic heterocycles. The zero-order chi connectivity index (χ0) is 13.8. The van der Waals surface area contributed by atoms with E-state index < -0.39 is 0 Å². The van der Waals surface area contributed by atoms with Crippen molar-refractivity contribution in [3.05, 3.63) is 16.6 Å². The van der Waals surface area contributed by atoms with E-state index in [-0.39, 0.29) is 0 Å². The SMILES string of the molecule is CCCCCCCCC(Cc1cncs1)NCCC. The van der Waals surface area contributed by atoms with Gasteiger partial charge >= 0.3 is 0 Å². The third-order valence-corrected chi connectivity index (χ3v) is 4.32. The maximum atomic E-state index is 4.18. The highest BCUT2D eigenvalue weighted by Crippen LogP contribution is 2.14. The summed E-state index contributed by atoms with van der Waals surface area (Å²) in [5.74, 6) is 0. The highest BCUT2D eigenvalue weighted by atomic mass is 32.1. The van der Waals surface area contributed by atoms with E-state index in [2.05, 4.69) is 24.1 Å². The van der Waals surface area contributed by atoms with Gasteiger partial charge in [-0.3, -0.25) is 4.98 Å². The Morgan fingerprint density at radius 2 is 1.89 bits per heavy atom. The Hall–Kier alpha value is -0.410. The van der Waals surface area contributed by atoms with Crippen LogP contribution in [0.5, 0.6) is 0 Å². The van der Waals surface area contributed by atoms with Gasteiger partial charge in [0.05, 0.1) is 5.51 Å². The van der Waals surface area contributed by atoms with Crippen LogP contribution in [0.2, 0.25) is 0 Å². The van der Waals surface area contributed by atoms with E-state index in [0.717, 1.165) is 13.0 Å². The van der Waals surface area contributed by atoms with E-state index in [1.807, 2.05) is 11.7 Å². The van der Waals surface area contributed by atoms with Crippen molar-refractivity contribution in [2.45, 2.75) is 77.7 Å². The molecule has 1 heterocycles. The molecule has 0 radical (unpaired) electrons. The lowest BCUT2D eigenvalue weighted by Gasteiger charge is -2.17. The van der Waals surface area contributed by atoms with E-state index >= 15 is 0 Å². The number of rotatable bonds is 12. The van der Waals surface area contributed by atoms with Crippen molar-refractivity contribution in [1.82, 2.24) is 10.3 Å². The largest absolute Gasteiger partial charge is 0.314 e. The average Bonchev–Trinajstić information content (AvgIpc) is 2.92. The molecule has 0 aliphatic rings. The van der Waals surface area contributed by atoms with E-state index in [1.54, 1.807) is 11.3 Å². The van der Waals surface area contributed by atoms with Gasteiger partial charge in [-0.2, -0.15) is 0 Å². The standard InChI is InChI=1S/C16H30N2S/c1-3-5-6-7-8-9-10-15(18-11-4-2)12-16-13-17-14-19-16/h13-15,18H,3-12H2,1-2H3. The molecule has 1 rings (SSSR count). The van der Waals surface area contributed by atoms with E-state index in [4.69, 9.17) is 0 Å². The van der Waals surface area contributed by atoms with Gasteiger partial charge in [-0.25, -0.2) is 0 Å². The molecule has 0 aliphatic carbocycles. The highest BCUT2D eigenvalue weighted by Gasteiger charge is 2.09. The molecule has 1 unspecified atom stereocenters. The van der Waals surface area contributed by atoms with Crippen molar-refractivity contribution in [3.8, 4) is 0 Å². The quantitative estimate of drug-likeness (QED) is 0.557. The fraction of sp³-hybridized carbons (Fsp3) is 0.812. The Kier molecular flexibility index (Phi) is 10.0. The van der Waals surface area contributed by atoms with Gasteiger partial charge in [-0.1, -0.05) is 52.4 Å². The monoisotopic (exact) mass is 282 g/mol. The van der Waals surface area contributed by atoms with E-state index in [1.165, 1.54) is 56.2 Å². The maximum absolute atomic E-state index is 4.18. The smallest absolute Gasteiger partial charge is 0.0794 e. The summed E-state index contributed by atoms with van der Waals surface area (Å²) in [6.07, 6.45) is 14.0. The Balaban J connectivity index is 2.17. The molecule has 0 aromatic carbocycles. The van der Waals surface area contributed by atoms with Crippen LogP contribution < -0.4 is 5.32 Å². The van der Waals surface area contributed by atoms with E-state index in [0.29, 0.717) is 6.04 Å². The summed E-state index contributed by atoms with van der Waals surface area (Å²) in [5.41, 5.74) is 1.94. The minimum Gasteiger partial charge on any atom is -0.314 e. The highest BCUT2D eigenvalue weighted by molar-refractivity contribution is 7.09. The number of thiazole rings is 1. The lowest BCUT2D eigenvalue weighted by molar-refractivity contribution is 0.452. The minimum absolute atomic E-state index is 0.645. The second-order valence-electron chi connectivity index (χ2n) is 5.38. The topological polar surface area (TPSA) is 24.9 Å². The summed E-state index contributed by atoms with van der Waals surface area (Å²) in [5, 5.41) is 3.69. The van der Waals surface area contributed by atoms with Crippen LogP contribution in [0.4, 0.5) is 0 Å². The summed E-state index contributed by atoms with van der Waals surface area (Å²) >= 11 is 1.78. The van der Waals surface area contributed by atoms with Crippen LogP contribution in [0, 0.1) is 0 Å². The van der Waals surface area contributed by atoms with Gasteiger partial charge in [-0.15, -0.1) is 11.3 Å². The van der Waals surface area contributed by atoms with Crippen LogP contribution in [0.3, 0.4) is 0 Å². The number of unbranched alkanes of at least 4 members (excludes halogenated alkanes) is 5. The molecule has 0 fully saturated rings. The molecule has 0 bridgehead atoms. The van der Waals surface area contributed by atoms with Gasteiger partial charge in [0.2, 0.25) is 0 Å². The number of hydrogen-bond donors (Lipinski definition) is 1. The fourth-order valence-corrected chi connectivity index (χ4v) is 3.06. The molecule has 0 amide bonds. The van der Waals surface area contributed by atoms with Gasteiger partial charge in [-0.05, 0) is 25.8 Å². The molecule has 19 heavy (non-hydrogen) atoms. The van der Waals surface area contributed by atoms with Gasteiger partial charge < -0.3 is 5.32 Å². The number of nitrogens with one attached hydrogen (secondary N) is 1. The molecule has 110 valence electrons. The lowest BCUT2D eigenvalue weighted by Crippen LogP contribution is -2.31. The molecule has 0 saturated carbocycles. The summed E-state index contributed by atoms with van der Waals surface area (Å²) in [6.45, 7) is 5.65. The lowest BCUT2D eigenvalue weighted by atomic mass is 10.0. The molecule has 0 spiro atoms. The van der Waals surface area contributed by atoms with Crippen LogP contribution in [0.25, 0.3) is 0 Å². The predicted octanol–water partition coefficient (Wildman–Crippen LogP) is 4.80. The number of hydrogen-bond acceptors (Lipinski definition) is 3. The average molecular weight is 282 g/mol. The Morgan fingerprint density at radius 1 is 1.11 bits per heavy atom. The first-order valence-electron chi connectivity index (χ1n) is 7.97. The zero-order valence-electron chi connectivity index (χ0n) is 12.7. The predicted molar refractivity (Wildman–Crippen MR) is 85.9 cm³/mol. The van der Waals surface area contributed by atoms with Crippen LogP contribution in [-0.2, 0) is 6.42 Å². The first-order chi connectivity index (χ1) is 9.36. The minimum atomic E-state index is 0.645. The molecule has 0 saturated heterocycles. The van der Waals surface area contributed by atoms with Crippen LogP contribution in [0.15, 0.2) is 11.7 Å². The third-order valence-electron chi connectivity index (χ3n) is 3.52. The number of nitrogens with zero attached hydrogens (tertiary/aromatic N) is 1. The molecular formula is C16H30N2S. The molecule has 1 atom stereocenters. The normalized spacial score (nSPS) is 12.7. The van der Waals surface area contributed by atoms with Gasteiger partial charge in [0.15, 0.2) is 0 Å². The first-order valence-corrected chi connectivity index (χ1v) is 8.85. The van der Waals surface area contributed by atoms with Gasteiger partial charge in [0.1, 0.15) is 0 Å². The second-order valence-corrected chi connectivity index (χ2v) is 6.35. The Bertz CT molecular complexity index is 285. The zero-order valence-corrected chi connectivity index (χ0v) is 13.5. The van der Waals surface area contributed by atoms with Crippen LogP contribution in [-0.4, -0.2) is 17.6 Å². The summed E-state index contributed by atoms with van der Waals surface area (Å²) in [6, 6.07) is 0.645. The Labute approximate surface area is 123 Å². The van der Waals surface area contributed by atoms with Crippen LogP contribution >= 0.6 is 11.3 Å². The van der Waals surface area contributed by atoms with Crippen molar-refractivity contribution in [1.29, 1.82) is 0 Å².